The second kappa shape index (κ2) is 4.50. The van der Waals surface area contributed by atoms with E-state index in [-0.39, 0.29) is 5.54 Å². The van der Waals surface area contributed by atoms with Gasteiger partial charge in [0.2, 0.25) is 0 Å². The van der Waals surface area contributed by atoms with Crippen LogP contribution in [0.4, 0.5) is 0 Å². The Bertz CT molecular complexity index is 273. The third-order valence-electron chi connectivity index (χ3n) is 1.88. The highest BCUT2D eigenvalue weighted by Gasteiger charge is 2.18. The van der Waals surface area contributed by atoms with E-state index in [1.54, 1.807) is 0 Å². The van der Waals surface area contributed by atoms with Crippen molar-refractivity contribution in [1.29, 1.82) is 0 Å². The van der Waals surface area contributed by atoms with E-state index in [1.165, 1.54) is 0 Å². The lowest BCUT2D eigenvalue weighted by Gasteiger charge is -2.19. The molecule has 0 aromatic carbocycles. The van der Waals surface area contributed by atoms with Gasteiger partial charge in [0.05, 0.1) is 12.1 Å². The molecule has 0 spiro atoms. The Labute approximate surface area is 84.9 Å². The van der Waals surface area contributed by atoms with Crippen molar-refractivity contribution in [3.05, 3.63) is 5.82 Å². The van der Waals surface area contributed by atoms with Crippen molar-refractivity contribution in [2.45, 2.75) is 46.2 Å². The standard InChI is InChI=1S/C9H19N5/c1-5-6-10-7-8-11-12-13-14(8)9(2,3)4/h10H,5-7H2,1-4H3. The molecule has 0 aliphatic rings. The van der Waals surface area contributed by atoms with E-state index in [0.717, 1.165) is 25.3 Å². The minimum absolute atomic E-state index is 0.0489. The van der Waals surface area contributed by atoms with Gasteiger partial charge >= 0.3 is 0 Å². The molecular formula is C9H19N5. The van der Waals surface area contributed by atoms with Crippen LogP contribution >= 0.6 is 0 Å². The van der Waals surface area contributed by atoms with E-state index in [9.17, 15) is 0 Å². The van der Waals surface area contributed by atoms with Crippen LogP contribution in [0.15, 0.2) is 0 Å². The Balaban J connectivity index is 2.63. The summed E-state index contributed by atoms with van der Waals surface area (Å²) in [6.45, 7) is 10.1. The summed E-state index contributed by atoms with van der Waals surface area (Å²) in [5.41, 5.74) is -0.0489. The van der Waals surface area contributed by atoms with E-state index in [2.05, 4.69) is 48.5 Å². The number of hydrogen-bond donors (Lipinski definition) is 1. The molecule has 0 bridgehead atoms. The maximum Gasteiger partial charge on any atom is 0.165 e. The van der Waals surface area contributed by atoms with E-state index in [0.29, 0.717) is 0 Å². The highest BCUT2D eigenvalue weighted by atomic mass is 15.6. The predicted molar refractivity (Wildman–Crippen MR) is 54.8 cm³/mol. The van der Waals surface area contributed by atoms with Crippen LogP contribution in [0, 0.1) is 0 Å². The average Bonchev–Trinajstić information content (AvgIpc) is 2.52. The molecule has 5 nitrogen and oxygen atoms in total. The largest absolute Gasteiger partial charge is 0.310 e. The summed E-state index contributed by atoms with van der Waals surface area (Å²) < 4.78 is 1.86. The van der Waals surface area contributed by atoms with Crippen LogP contribution in [0.1, 0.15) is 39.9 Å². The lowest BCUT2D eigenvalue weighted by molar-refractivity contribution is 0.332. The maximum absolute atomic E-state index is 3.99. The van der Waals surface area contributed by atoms with Gasteiger partial charge < -0.3 is 5.32 Å². The lowest BCUT2D eigenvalue weighted by atomic mass is 10.1. The van der Waals surface area contributed by atoms with Gasteiger partial charge in [-0.25, -0.2) is 4.68 Å². The first-order chi connectivity index (χ1) is 6.55. The SMILES string of the molecule is CCCNCc1nnnn1C(C)(C)C. The smallest absolute Gasteiger partial charge is 0.165 e. The van der Waals surface area contributed by atoms with Crippen LogP contribution in [0.2, 0.25) is 0 Å². The van der Waals surface area contributed by atoms with Gasteiger partial charge in [0, 0.05) is 0 Å². The molecule has 14 heavy (non-hydrogen) atoms. The second-order valence-electron chi connectivity index (χ2n) is 4.35. The molecule has 1 rings (SSSR count). The zero-order chi connectivity index (χ0) is 10.6. The Hall–Kier alpha value is -0.970. The summed E-state index contributed by atoms with van der Waals surface area (Å²) in [6, 6.07) is 0. The quantitative estimate of drug-likeness (QED) is 0.729. The van der Waals surface area contributed by atoms with Gasteiger partial charge in [0.1, 0.15) is 0 Å². The normalized spacial score (nSPS) is 12.0. The molecule has 1 heterocycles. The first-order valence-corrected chi connectivity index (χ1v) is 5.04. The fourth-order valence-electron chi connectivity index (χ4n) is 1.21. The van der Waals surface area contributed by atoms with Crippen molar-refractivity contribution in [3.63, 3.8) is 0 Å². The van der Waals surface area contributed by atoms with Crippen molar-refractivity contribution < 1.29 is 0 Å². The molecule has 0 aliphatic heterocycles. The summed E-state index contributed by atoms with van der Waals surface area (Å²) in [7, 11) is 0. The van der Waals surface area contributed by atoms with Gasteiger partial charge in [-0.15, -0.1) is 5.10 Å². The number of aromatic nitrogens is 4. The van der Waals surface area contributed by atoms with Crippen LogP contribution in [-0.4, -0.2) is 26.8 Å². The van der Waals surface area contributed by atoms with E-state index in [4.69, 9.17) is 0 Å². The molecule has 0 unspecified atom stereocenters. The molecule has 0 radical (unpaired) electrons. The van der Waals surface area contributed by atoms with Gasteiger partial charge in [-0.05, 0) is 44.2 Å². The van der Waals surface area contributed by atoms with Gasteiger partial charge in [-0.1, -0.05) is 6.92 Å². The molecule has 1 aromatic rings. The second-order valence-corrected chi connectivity index (χ2v) is 4.35. The molecule has 5 heteroatoms. The number of rotatable bonds is 4. The van der Waals surface area contributed by atoms with Crippen LogP contribution < -0.4 is 5.32 Å². The first kappa shape index (κ1) is 11.1. The maximum atomic E-state index is 3.99. The molecule has 0 atom stereocenters. The number of tetrazole rings is 1. The van der Waals surface area contributed by atoms with Crippen LogP contribution in [0.3, 0.4) is 0 Å². The summed E-state index contributed by atoms with van der Waals surface area (Å²) in [5.74, 6) is 0.894. The van der Waals surface area contributed by atoms with Gasteiger partial charge in [0.25, 0.3) is 0 Å². The molecule has 0 aliphatic carbocycles. The van der Waals surface area contributed by atoms with Crippen molar-refractivity contribution in [3.8, 4) is 0 Å². The summed E-state index contributed by atoms with van der Waals surface area (Å²) in [5, 5.41) is 15.0. The zero-order valence-corrected chi connectivity index (χ0v) is 9.41. The van der Waals surface area contributed by atoms with E-state index in [1.807, 2.05) is 4.68 Å². The zero-order valence-electron chi connectivity index (χ0n) is 9.41. The van der Waals surface area contributed by atoms with Crippen LogP contribution in [0.5, 0.6) is 0 Å². The minimum Gasteiger partial charge on any atom is -0.310 e. The minimum atomic E-state index is -0.0489. The molecular weight excluding hydrogens is 178 g/mol. The Morgan fingerprint density at radius 2 is 2.07 bits per heavy atom. The lowest BCUT2D eigenvalue weighted by Crippen LogP contribution is -2.28. The molecule has 0 saturated heterocycles. The van der Waals surface area contributed by atoms with E-state index < -0.39 is 0 Å². The third kappa shape index (κ3) is 2.77. The fraction of sp³-hybridized carbons (Fsp3) is 0.889. The molecule has 80 valence electrons. The van der Waals surface area contributed by atoms with Gasteiger partial charge in [-0.3, -0.25) is 0 Å². The van der Waals surface area contributed by atoms with Gasteiger partial charge in [0.15, 0.2) is 5.82 Å². The van der Waals surface area contributed by atoms with Crippen molar-refractivity contribution in [2.75, 3.05) is 6.54 Å². The molecule has 0 fully saturated rings. The summed E-state index contributed by atoms with van der Waals surface area (Å²) in [6.07, 6.45) is 1.12. The Morgan fingerprint density at radius 1 is 1.36 bits per heavy atom. The molecule has 1 aromatic heterocycles. The van der Waals surface area contributed by atoms with Crippen molar-refractivity contribution in [1.82, 2.24) is 25.5 Å². The number of nitrogens with one attached hydrogen (secondary N) is 1. The topological polar surface area (TPSA) is 55.6 Å². The van der Waals surface area contributed by atoms with Gasteiger partial charge in [-0.2, -0.15) is 0 Å². The Kier molecular flexibility index (Phi) is 3.57. The summed E-state index contributed by atoms with van der Waals surface area (Å²) in [4.78, 5) is 0. The van der Waals surface area contributed by atoms with E-state index >= 15 is 0 Å². The van der Waals surface area contributed by atoms with Crippen molar-refractivity contribution >= 4 is 0 Å². The third-order valence-corrected chi connectivity index (χ3v) is 1.88. The molecule has 0 amide bonds. The molecule has 0 saturated carbocycles. The predicted octanol–water partition coefficient (Wildman–Crippen LogP) is 0.928. The first-order valence-electron chi connectivity index (χ1n) is 5.04. The number of hydrogen-bond acceptors (Lipinski definition) is 4. The summed E-state index contributed by atoms with van der Waals surface area (Å²) >= 11 is 0. The average molecular weight is 197 g/mol. The van der Waals surface area contributed by atoms with Crippen LogP contribution in [-0.2, 0) is 12.1 Å². The Morgan fingerprint density at radius 3 is 2.64 bits per heavy atom. The molecule has 1 N–H and O–H groups in total. The highest BCUT2D eigenvalue weighted by Crippen LogP contribution is 2.12. The highest BCUT2D eigenvalue weighted by molar-refractivity contribution is 4.86. The fourth-order valence-corrected chi connectivity index (χ4v) is 1.21. The monoisotopic (exact) mass is 197 g/mol. The van der Waals surface area contributed by atoms with Crippen molar-refractivity contribution in [2.24, 2.45) is 0 Å². The van der Waals surface area contributed by atoms with Crippen LogP contribution in [0.25, 0.3) is 0 Å². The number of nitrogens with zero attached hydrogens (tertiary/aromatic N) is 4.